The molecule has 1 aromatic rings. The molecule has 1 atom stereocenters. The van der Waals surface area contributed by atoms with Crippen LogP contribution in [-0.4, -0.2) is 32.3 Å². The molecule has 3 heteroatoms. The Morgan fingerprint density at radius 2 is 2.12 bits per heavy atom. The molecule has 88 valence electrons. The van der Waals surface area contributed by atoms with Crippen molar-refractivity contribution >= 4 is 5.69 Å². The van der Waals surface area contributed by atoms with E-state index >= 15 is 0 Å². The fourth-order valence-corrected chi connectivity index (χ4v) is 2.21. The first kappa shape index (κ1) is 11.4. The first-order valence-electron chi connectivity index (χ1n) is 6.01. The number of rotatable bonds is 4. The third-order valence-corrected chi connectivity index (χ3v) is 3.06. The van der Waals surface area contributed by atoms with E-state index in [1.165, 1.54) is 5.69 Å². The maximum absolute atomic E-state index is 5.57. The first-order valence-corrected chi connectivity index (χ1v) is 6.01. The van der Waals surface area contributed by atoms with Crippen LogP contribution in [0.5, 0.6) is 0 Å². The molecule has 1 heterocycles. The number of hydrogen-bond donors (Lipinski definition) is 1. The number of nitrogens with zero attached hydrogens (tertiary/aromatic N) is 1. The number of benzene rings is 1. The van der Waals surface area contributed by atoms with Gasteiger partial charge in [-0.15, -0.1) is 0 Å². The molecule has 2 N–H and O–H groups in total. The van der Waals surface area contributed by atoms with Crippen molar-refractivity contribution in [1.29, 1.82) is 0 Å². The van der Waals surface area contributed by atoms with Gasteiger partial charge in [0.25, 0.3) is 0 Å². The molecular weight excluding hydrogens is 200 g/mol. The summed E-state index contributed by atoms with van der Waals surface area (Å²) in [5.41, 5.74) is 6.87. The van der Waals surface area contributed by atoms with Crippen LogP contribution in [0.1, 0.15) is 12.8 Å². The van der Waals surface area contributed by atoms with Crippen LogP contribution < -0.4 is 10.6 Å². The lowest BCUT2D eigenvalue weighted by atomic mass is 10.1. The lowest BCUT2D eigenvalue weighted by Gasteiger charge is -2.37. The van der Waals surface area contributed by atoms with Crippen molar-refractivity contribution < 1.29 is 4.74 Å². The summed E-state index contributed by atoms with van der Waals surface area (Å²) in [6.07, 6.45) is 2.18. The van der Waals surface area contributed by atoms with Crippen LogP contribution in [0.15, 0.2) is 30.3 Å². The Hall–Kier alpha value is -1.06. The fraction of sp³-hybridized carbons (Fsp3) is 0.538. The molecule has 1 unspecified atom stereocenters. The second-order valence-corrected chi connectivity index (χ2v) is 4.19. The minimum absolute atomic E-state index is 0.486. The zero-order valence-corrected chi connectivity index (χ0v) is 9.64. The number of ether oxygens (including phenoxy) is 1. The third-order valence-electron chi connectivity index (χ3n) is 3.06. The van der Waals surface area contributed by atoms with Crippen molar-refractivity contribution in [3.63, 3.8) is 0 Å². The highest BCUT2D eigenvalue weighted by molar-refractivity contribution is 5.47. The van der Waals surface area contributed by atoms with Crippen LogP contribution in [0, 0.1) is 0 Å². The number of nitrogens with two attached hydrogens (primary N) is 1. The van der Waals surface area contributed by atoms with Crippen molar-refractivity contribution in [1.82, 2.24) is 0 Å². The van der Waals surface area contributed by atoms with Gasteiger partial charge in [0.05, 0.1) is 19.3 Å². The van der Waals surface area contributed by atoms with Gasteiger partial charge in [0.1, 0.15) is 0 Å². The molecule has 3 nitrogen and oxygen atoms in total. The molecule has 0 aliphatic carbocycles. The summed E-state index contributed by atoms with van der Waals surface area (Å²) in [5, 5.41) is 0. The topological polar surface area (TPSA) is 38.5 Å². The number of hydrogen-bond acceptors (Lipinski definition) is 3. The summed E-state index contributed by atoms with van der Waals surface area (Å²) >= 11 is 0. The zero-order chi connectivity index (χ0) is 11.2. The average molecular weight is 220 g/mol. The molecule has 0 saturated carbocycles. The van der Waals surface area contributed by atoms with Crippen molar-refractivity contribution in [2.45, 2.75) is 18.9 Å². The highest BCUT2D eigenvalue weighted by Crippen LogP contribution is 2.21. The SMILES string of the molecule is NCCCC1COCCN1c1ccccc1. The van der Waals surface area contributed by atoms with E-state index in [2.05, 4.69) is 35.2 Å². The van der Waals surface area contributed by atoms with E-state index in [4.69, 9.17) is 10.5 Å². The Kier molecular flexibility index (Phi) is 4.19. The average Bonchev–Trinajstić information content (AvgIpc) is 2.38. The van der Waals surface area contributed by atoms with E-state index in [0.717, 1.165) is 39.1 Å². The van der Waals surface area contributed by atoms with Gasteiger partial charge < -0.3 is 15.4 Å². The Labute approximate surface area is 97.2 Å². The van der Waals surface area contributed by atoms with Gasteiger partial charge in [0.2, 0.25) is 0 Å². The van der Waals surface area contributed by atoms with Gasteiger partial charge in [0, 0.05) is 12.2 Å². The maximum Gasteiger partial charge on any atom is 0.0670 e. The predicted octanol–water partition coefficient (Wildman–Crippen LogP) is 1.63. The minimum atomic E-state index is 0.486. The normalized spacial score (nSPS) is 21.1. The van der Waals surface area contributed by atoms with Crippen molar-refractivity contribution in [2.24, 2.45) is 5.73 Å². The van der Waals surface area contributed by atoms with Gasteiger partial charge in [-0.1, -0.05) is 18.2 Å². The molecule has 1 aliphatic heterocycles. The summed E-state index contributed by atoms with van der Waals surface area (Å²) in [5.74, 6) is 0. The molecule has 0 radical (unpaired) electrons. The Bertz CT molecular complexity index is 302. The molecule has 0 amide bonds. The zero-order valence-electron chi connectivity index (χ0n) is 9.64. The molecule has 1 saturated heterocycles. The van der Waals surface area contributed by atoms with E-state index in [0.29, 0.717) is 6.04 Å². The second-order valence-electron chi connectivity index (χ2n) is 4.19. The Morgan fingerprint density at radius 1 is 1.31 bits per heavy atom. The molecular formula is C13H20N2O. The molecule has 1 fully saturated rings. The van der Waals surface area contributed by atoms with E-state index in [9.17, 15) is 0 Å². The standard InChI is InChI=1S/C13H20N2O/c14-8-4-7-13-11-16-10-9-15(13)12-5-2-1-3-6-12/h1-3,5-6,13H,4,7-11,14H2. The van der Waals surface area contributed by atoms with Crippen molar-refractivity contribution in [3.8, 4) is 0 Å². The monoisotopic (exact) mass is 220 g/mol. The van der Waals surface area contributed by atoms with E-state index < -0.39 is 0 Å². The van der Waals surface area contributed by atoms with E-state index in [1.807, 2.05) is 0 Å². The van der Waals surface area contributed by atoms with Crippen LogP contribution >= 0.6 is 0 Å². The molecule has 1 aromatic carbocycles. The summed E-state index contributed by atoms with van der Waals surface area (Å²) in [7, 11) is 0. The highest BCUT2D eigenvalue weighted by Gasteiger charge is 2.22. The molecule has 1 aliphatic rings. The predicted molar refractivity (Wildman–Crippen MR) is 66.7 cm³/mol. The van der Waals surface area contributed by atoms with Gasteiger partial charge in [-0.2, -0.15) is 0 Å². The second kappa shape index (κ2) is 5.87. The Morgan fingerprint density at radius 3 is 2.88 bits per heavy atom. The van der Waals surface area contributed by atoms with Crippen LogP contribution in [-0.2, 0) is 4.74 Å². The maximum atomic E-state index is 5.57. The fourth-order valence-electron chi connectivity index (χ4n) is 2.21. The van der Waals surface area contributed by atoms with Gasteiger partial charge in [-0.05, 0) is 31.5 Å². The molecule has 0 aromatic heterocycles. The van der Waals surface area contributed by atoms with Gasteiger partial charge in [-0.3, -0.25) is 0 Å². The summed E-state index contributed by atoms with van der Waals surface area (Å²) < 4.78 is 5.55. The van der Waals surface area contributed by atoms with Gasteiger partial charge >= 0.3 is 0 Å². The lowest BCUT2D eigenvalue weighted by Crippen LogP contribution is -2.45. The van der Waals surface area contributed by atoms with E-state index in [-0.39, 0.29) is 0 Å². The first-order chi connectivity index (χ1) is 7.92. The highest BCUT2D eigenvalue weighted by atomic mass is 16.5. The number of para-hydroxylation sites is 1. The van der Waals surface area contributed by atoms with Crippen LogP contribution in [0.4, 0.5) is 5.69 Å². The Balaban J connectivity index is 2.04. The van der Waals surface area contributed by atoms with Crippen LogP contribution in [0.3, 0.4) is 0 Å². The molecule has 2 rings (SSSR count). The summed E-state index contributed by atoms with van der Waals surface area (Å²) in [4.78, 5) is 2.44. The van der Waals surface area contributed by atoms with Crippen LogP contribution in [0.25, 0.3) is 0 Å². The molecule has 0 spiro atoms. The van der Waals surface area contributed by atoms with Crippen molar-refractivity contribution in [2.75, 3.05) is 31.2 Å². The smallest absolute Gasteiger partial charge is 0.0670 e. The van der Waals surface area contributed by atoms with E-state index in [1.54, 1.807) is 0 Å². The summed E-state index contributed by atoms with van der Waals surface area (Å²) in [6.45, 7) is 3.40. The van der Waals surface area contributed by atoms with Gasteiger partial charge in [0.15, 0.2) is 0 Å². The quantitative estimate of drug-likeness (QED) is 0.838. The number of morpholine rings is 1. The molecule has 16 heavy (non-hydrogen) atoms. The largest absolute Gasteiger partial charge is 0.377 e. The number of anilines is 1. The molecule has 0 bridgehead atoms. The minimum Gasteiger partial charge on any atom is -0.377 e. The lowest BCUT2D eigenvalue weighted by molar-refractivity contribution is 0.0911. The summed E-state index contributed by atoms with van der Waals surface area (Å²) in [6, 6.07) is 11.1. The third kappa shape index (κ3) is 2.74. The van der Waals surface area contributed by atoms with Gasteiger partial charge in [-0.25, -0.2) is 0 Å². The van der Waals surface area contributed by atoms with Crippen molar-refractivity contribution in [3.05, 3.63) is 30.3 Å². The van der Waals surface area contributed by atoms with Crippen LogP contribution in [0.2, 0.25) is 0 Å².